The van der Waals surface area contributed by atoms with Gasteiger partial charge in [0.25, 0.3) is 12.3 Å². The Morgan fingerprint density at radius 3 is 2.32 bits per heavy atom. The van der Waals surface area contributed by atoms with E-state index < -0.39 is 42.9 Å². The van der Waals surface area contributed by atoms with E-state index in [2.05, 4.69) is 10.3 Å². The number of halogens is 7. The van der Waals surface area contributed by atoms with Gasteiger partial charge in [-0.2, -0.15) is 13.2 Å². The summed E-state index contributed by atoms with van der Waals surface area (Å²) in [7, 11) is 1.47. The molecule has 1 amide bonds. The first-order chi connectivity index (χ1) is 20.6. The number of ether oxygens (including phenoxy) is 2. The number of benzene rings is 1. The highest BCUT2D eigenvalue weighted by atomic mass is 19.4. The summed E-state index contributed by atoms with van der Waals surface area (Å²) < 4.78 is 95.9. The molecule has 2 aliphatic heterocycles. The van der Waals surface area contributed by atoms with Crippen LogP contribution in [0.4, 0.5) is 42.4 Å². The summed E-state index contributed by atoms with van der Waals surface area (Å²) in [5.41, 5.74) is 1.27. The zero-order valence-electron chi connectivity index (χ0n) is 24.0. The Kier molecular flexibility index (Phi) is 11.6. The highest BCUT2D eigenvalue weighted by Gasteiger charge is 2.38. The van der Waals surface area contributed by atoms with Crippen LogP contribution in [0.1, 0.15) is 38.1 Å². The van der Waals surface area contributed by atoms with E-state index in [1.54, 1.807) is 11.8 Å². The number of carboxylic acid groups (broad SMARTS) is 1. The van der Waals surface area contributed by atoms with Crippen molar-refractivity contribution in [2.45, 2.75) is 70.5 Å². The fourth-order valence-electron chi connectivity index (χ4n) is 4.57. The van der Waals surface area contributed by atoms with Crippen molar-refractivity contribution in [3.05, 3.63) is 41.2 Å². The van der Waals surface area contributed by atoms with E-state index in [0.29, 0.717) is 49.6 Å². The summed E-state index contributed by atoms with van der Waals surface area (Å²) in [4.78, 5) is 34.7. The van der Waals surface area contributed by atoms with Crippen LogP contribution in [0.3, 0.4) is 0 Å². The van der Waals surface area contributed by atoms with Crippen molar-refractivity contribution in [1.29, 1.82) is 0 Å². The fourth-order valence-corrected chi connectivity index (χ4v) is 4.57. The van der Waals surface area contributed by atoms with Gasteiger partial charge < -0.3 is 29.7 Å². The van der Waals surface area contributed by atoms with Crippen molar-refractivity contribution in [1.82, 2.24) is 14.9 Å². The van der Waals surface area contributed by atoms with Gasteiger partial charge in [0.05, 0.1) is 24.5 Å². The second-order valence-electron chi connectivity index (χ2n) is 10.1. The van der Waals surface area contributed by atoms with Gasteiger partial charge in [-0.1, -0.05) is 0 Å². The van der Waals surface area contributed by atoms with E-state index in [1.807, 2.05) is 11.8 Å². The molecule has 2 atom stereocenters. The molecule has 44 heavy (non-hydrogen) atoms. The van der Waals surface area contributed by atoms with Crippen LogP contribution < -0.4 is 15.0 Å². The van der Waals surface area contributed by atoms with Gasteiger partial charge in [-0.05, 0) is 26.0 Å². The number of fused-ring (bicyclic) bond motifs is 1. The van der Waals surface area contributed by atoms with Crippen molar-refractivity contribution in [2.24, 2.45) is 0 Å². The number of aromatic nitrogens is 2. The Morgan fingerprint density at radius 2 is 1.77 bits per heavy atom. The molecule has 0 saturated carbocycles. The molecular weight excluding hydrogens is 607 g/mol. The Balaban J connectivity index is 0.000000676. The van der Waals surface area contributed by atoms with E-state index in [1.165, 1.54) is 13.2 Å². The number of hydrogen-bond acceptors (Lipinski definition) is 8. The molecule has 0 aliphatic carbocycles. The van der Waals surface area contributed by atoms with Crippen LogP contribution in [0.5, 0.6) is 5.75 Å². The summed E-state index contributed by atoms with van der Waals surface area (Å²) in [6.45, 7) is 4.17. The second kappa shape index (κ2) is 14.7. The maximum Gasteiger partial charge on any atom is 0.490 e. The molecular formula is C27H32F7N5O5. The van der Waals surface area contributed by atoms with Crippen LogP contribution in [0.15, 0.2) is 18.2 Å². The lowest BCUT2D eigenvalue weighted by atomic mass is 10.0. The number of aliphatic carboxylic acids is 1. The average molecular weight is 640 g/mol. The van der Waals surface area contributed by atoms with Gasteiger partial charge in [-0.15, -0.1) is 0 Å². The van der Waals surface area contributed by atoms with Crippen LogP contribution in [-0.4, -0.2) is 89.4 Å². The molecule has 17 heteroatoms. The first-order valence-electron chi connectivity index (χ1n) is 13.5. The quantitative estimate of drug-likeness (QED) is 0.405. The van der Waals surface area contributed by atoms with Gasteiger partial charge in [-0.3, -0.25) is 4.79 Å². The number of piperidine rings is 1. The molecule has 3 heterocycles. The lowest BCUT2D eigenvalue weighted by Crippen LogP contribution is -2.47. The number of alkyl halides is 5. The Bertz CT molecular complexity index is 1310. The number of nitrogens with one attached hydrogen (secondary N) is 1. The summed E-state index contributed by atoms with van der Waals surface area (Å²) in [5.74, 6) is -3.69. The van der Waals surface area contributed by atoms with Gasteiger partial charge in [-0.25, -0.2) is 32.3 Å². The number of methoxy groups -OCH3 is 1. The first kappa shape index (κ1) is 34.6. The summed E-state index contributed by atoms with van der Waals surface area (Å²) >= 11 is 0. The number of carboxylic acids is 1. The molecule has 1 saturated heterocycles. The Morgan fingerprint density at radius 1 is 1.14 bits per heavy atom. The number of hydrogen-bond donors (Lipinski definition) is 2. The molecule has 2 N–H and O–H groups in total. The zero-order chi connectivity index (χ0) is 32.8. The van der Waals surface area contributed by atoms with E-state index in [4.69, 9.17) is 24.4 Å². The van der Waals surface area contributed by atoms with Crippen molar-refractivity contribution in [3.63, 3.8) is 0 Å². The predicted octanol–water partition coefficient (Wildman–Crippen LogP) is 4.42. The smallest absolute Gasteiger partial charge is 0.487 e. The first-order valence-corrected chi connectivity index (χ1v) is 13.5. The summed E-state index contributed by atoms with van der Waals surface area (Å²) in [6.07, 6.45) is -7.10. The number of nitrogens with zero attached hydrogens (tertiary/aromatic N) is 4. The number of rotatable bonds is 8. The highest BCUT2D eigenvalue weighted by Crippen LogP contribution is 2.32. The normalized spacial score (nSPS) is 17.8. The Labute approximate surface area is 248 Å². The zero-order valence-corrected chi connectivity index (χ0v) is 24.0. The third-order valence-electron chi connectivity index (χ3n) is 6.95. The topological polar surface area (TPSA) is 117 Å². The van der Waals surface area contributed by atoms with Gasteiger partial charge in [0.1, 0.15) is 18.0 Å². The molecule has 1 unspecified atom stereocenters. The minimum atomic E-state index is -5.08. The summed E-state index contributed by atoms with van der Waals surface area (Å²) in [6, 6.07) is 3.02. The van der Waals surface area contributed by atoms with E-state index in [0.717, 1.165) is 12.1 Å². The second-order valence-corrected chi connectivity index (χ2v) is 10.1. The number of amides is 1. The van der Waals surface area contributed by atoms with Crippen LogP contribution in [0, 0.1) is 11.6 Å². The third-order valence-corrected chi connectivity index (χ3v) is 6.95. The highest BCUT2D eigenvalue weighted by molar-refractivity contribution is 5.81. The molecule has 1 aromatic heterocycles. The van der Waals surface area contributed by atoms with Crippen LogP contribution >= 0.6 is 0 Å². The third kappa shape index (κ3) is 9.06. The average Bonchev–Trinajstić information content (AvgIpc) is 2.96. The fraction of sp³-hybridized carbons (Fsp3) is 0.556. The van der Waals surface area contributed by atoms with Gasteiger partial charge in [0.2, 0.25) is 0 Å². The van der Waals surface area contributed by atoms with Crippen molar-refractivity contribution < 1.29 is 54.9 Å². The van der Waals surface area contributed by atoms with E-state index in [9.17, 15) is 35.5 Å². The SMILES string of the molecule is CO[C@@H](C)C(=O)N1Cc2nc(N3CCC(Oc4ccc(F)cc4F)CC3)c(NCC(F)F)nc2CC1C.O=C(O)C(F)(F)F. The van der Waals surface area contributed by atoms with Crippen molar-refractivity contribution >= 4 is 23.5 Å². The molecule has 1 aromatic carbocycles. The van der Waals surface area contributed by atoms with Crippen LogP contribution in [0.2, 0.25) is 0 Å². The maximum absolute atomic E-state index is 14.0. The molecule has 10 nitrogen and oxygen atoms in total. The summed E-state index contributed by atoms with van der Waals surface area (Å²) in [5, 5.41) is 9.84. The lowest BCUT2D eigenvalue weighted by molar-refractivity contribution is -0.192. The molecule has 0 radical (unpaired) electrons. The van der Waals surface area contributed by atoms with Gasteiger partial charge >= 0.3 is 12.1 Å². The van der Waals surface area contributed by atoms with Crippen LogP contribution in [0.25, 0.3) is 0 Å². The molecule has 1 fully saturated rings. The molecule has 4 rings (SSSR count). The molecule has 244 valence electrons. The van der Waals surface area contributed by atoms with E-state index >= 15 is 0 Å². The standard InChI is InChI=1S/C25H31F4N5O3.C2HF3O2/c1-14-10-19-20(13-34(14)25(35)15(2)36-3)32-24(23(31-19)30-12-22(28)29)33-8-6-17(7-9-33)37-21-5-4-16(26)11-18(21)27;3-2(4,5)1(6)7/h4-5,11,14-15,17,22H,6-10,12-13H2,1-3H3,(H,30,31);(H,6,7)/t14?,15-;/m0./s1. The predicted molar refractivity (Wildman–Crippen MR) is 143 cm³/mol. The number of carbonyl (C=O) groups is 2. The maximum atomic E-state index is 14.0. The molecule has 0 spiro atoms. The Hall–Kier alpha value is -3.89. The molecule has 2 aromatic rings. The van der Waals surface area contributed by atoms with Crippen molar-refractivity contribution in [2.75, 3.05) is 37.0 Å². The number of carbonyl (C=O) groups excluding carboxylic acids is 1. The monoisotopic (exact) mass is 639 g/mol. The minimum Gasteiger partial charge on any atom is -0.487 e. The lowest BCUT2D eigenvalue weighted by Gasteiger charge is -2.37. The van der Waals surface area contributed by atoms with E-state index in [-0.39, 0.29) is 36.2 Å². The number of anilines is 2. The largest absolute Gasteiger partial charge is 0.490 e. The van der Waals surface area contributed by atoms with Crippen LogP contribution in [-0.2, 0) is 27.3 Å². The molecule has 0 bridgehead atoms. The minimum absolute atomic E-state index is 0.0168. The van der Waals surface area contributed by atoms with Crippen molar-refractivity contribution in [3.8, 4) is 5.75 Å². The molecule has 2 aliphatic rings. The van der Waals surface area contributed by atoms with Gasteiger partial charge in [0.15, 0.2) is 23.2 Å². The van der Waals surface area contributed by atoms with Gasteiger partial charge in [0, 0.05) is 51.6 Å².